The van der Waals surface area contributed by atoms with Crippen LogP contribution in [0, 0.1) is 11.7 Å². The van der Waals surface area contributed by atoms with Gasteiger partial charge in [-0.25, -0.2) is 4.39 Å². The summed E-state index contributed by atoms with van der Waals surface area (Å²) in [5, 5.41) is 12.1. The molecule has 0 saturated heterocycles. The van der Waals surface area contributed by atoms with Crippen molar-refractivity contribution in [2.45, 2.75) is 46.0 Å². The second-order valence-corrected chi connectivity index (χ2v) is 5.49. The fourth-order valence-corrected chi connectivity index (χ4v) is 2.06. The molecular formula is C16H24FNO2. The zero-order valence-corrected chi connectivity index (χ0v) is 12.3. The minimum absolute atomic E-state index is 0.271. The van der Waals surface area contributed by atoms with Crippen molar-refractivity contribution in [2.75, 3.05) is 6.54 Å². The molecule has 0 atom stereocenters. The molecule has 20 heavy (non-hydrogen) atoms. The molecule has 0 bridgehead atoms. The Balaban J connectivity index is 2.24. The molecule has 1 aromatic carbocycles. The molecule has 0 aliphatic carbocycles. The van der Waals surface area contributed by atoms with Gasteiger partial charge in [-0.1, -0.05) is 45.6 Å². The average molecular weight is 281 g/mol. The largest absolute Gasteiger partial charge is 0.507 e. The maximum absolute atomic E-state index is 13.4. The lowest BCUT2D eigenvalue weighted by Gasteiger charge is -2.08. The van der Waals surface area contributed by atoms with Crippen LogP contribution in [-0.4, -0.2) is 17.6 Å². The number of carbonyl (C=O) groups excluding carboxylic acids is 1. The van der Waals surface area contributed by atoms with Gasteiger partial charge in [0.25, 0.3) is 5.91 Å². The van der Waals surface area contributed by atoms with E-state index < -0.39 is 11.7 Å². The number of hydrogen-bond acceptors (Lipinski definition) is 2. The molecule has 0 aliphatic rings. The summed E-state index contributed by atoms with van der Waals surface area (Å²) < 4.78 is 13.4. The summed E-state index contributed by atoms with van der Waals surface area (Å²) in [6.07, 6.45) is 5.52. The number of nitrogens with one attached hydrogen (secondary N) is 1. The first-order chi connectivity index (χ1) is 9.52. The maximum atomic E-state index is 13.4. The molecule has 0 radical (unpaired) electrons. The molecule has 0 heterocycles. The van der Waals surface area contributed by atoms with E-state index in [9.17, 15) is 14.3 Å². The molecule has 0 fully saturated rings. The summed E-state index contributed by atoms with van der Waals surface area (Å²) in [4.78, 5) is 11.8. The van der Waals surface area contributed by atoms with Crippen molar-refractivity contribution in [1.29, 1.82) is 0 Å². The van der Waals surface area contributed by atoms with Crippen LogP contribution in [0.25, 0.3) is 0 Å². The van der Waals surface area contributed by atoms with Crippen molar-refractivity contribution in [3.05, 3.63) is 29.6 Å². The van der Waals surface area contributed by atoms with Gasteiger partial charge >= 0.3 is 0 Å². The first-order valence-electron chi connectivity index (χ1n) is 7.28. The highest BCUT2D eigenvalue weighted by atomic mass is 19.1. The van der Waals surface area contributed by atoms with Crippen LogP contribution in [-0.2, 0) is 0 Å². The van der Waals surface area contributed by atoms with Crippen LogP contribution >= 0.6 is 0 Å². The third-order valence-electron chi connectivity index (χ3n) is 3.21. The molecular weight excluding hydrogens is 257 g/mol. The van der Waals surface area contributed by atoms with Crippen molar-refractivity contribution in [3.8, 4) is 5.75 Å². The molecule has 1 amide bonds. The van der Waals surface area contributed by atoms with Crippen molar-refractivity contribution >= 4 is 5.91 Å². The zero-order valence-electron chi connectivity index (χ0n) is 12.3. The molecule has 2 N–H and O–H groups in total. The Bertz CT molecular complexity index is 412. The fraction of sp³-hybridized carbons (Fsp3) is 0.562. The summed E-state index contributed by atoms with van der Waals surface area (Å²) in [6, 6.07) is 3.85. The van der Waals surface area contributed by atoms with Crippen LogP contribution in [0.1, 0.15) is 56.3 Å². The highest BCUT2D eigenvalue weighted by molar-refractivity contribution is 5.97. The molecule has 1 rings (SSSR count). The van der Waals surface area contributed by atoms with Crippen LogP contribution in [0.3, 0.4) is 0 Å². The number of carbonyl (C=O) groups is 1. The Kier molecular flexibility index (Phi) is 7.05. The molecule has 0 spiro atoms. The number of aromatic hydroxyl groups is 1. The molecule has 0 aromatic heterocycles. The number of phenols is 1. The predicted octanol–water partition coefficient (Wildman–Crippen LogP) is 3.87. The van der Waals surface area contributed by atoms with Crippen LogP contribution in [0.2, 0.25) is 0 Å². The molecule has 0 aliphatic heterocycles. The van der Waals surface area contributed by atoms with Crippen molar-refractivity contribution < 1.29 is 14.3 Å². The van der Waals surface area contributed by atoms with Crippen LogP contribution in [0.15, 0.2) is 18.2 Å². The quantitative estimate of drug-likeness (QED) is 0.711. The van der Waals surface area contributed by atoms with Gasteiger partial charge in [-0.2, -0.15) is 0 Å². The van der Waals surface area contributed by atoms with E-state index >= 15 is 0 Å². The van der Waals surface area contributed by atoms with E-state index in [-0.39, 0.29) is 11.3 Å². The molecule has 0 saturated carbocycles. The number of rotatable bonds is 8. The van der Waals surface area contributed by atoms with Gasteiger partial charge in [0.2, 0.25) is 0 Å². The Hall–Kier alpha value is -1.58. The van der Waals surface area contributed by atoms with Gasteiger partial charge in [-0.3, -0.25) is 4.79 Å². The number of halogens is 1. The molecule has 4 heteroatoms. The Labute approximate surface area is 120 Å². The van der Waals surface area contributed by atoms with Gasteiger partial charge in [0.05, 0.1) is 0 Å². The van der Waals surface area contributed by atoms with E-state index in [1.54, 1.807) is 0 Å². The Morgan fingerprint density at radius 1 is 1.25 bits per heavy atom. The Morgan fingerprint density at radius 2 is 1.95 bits per heavy atom. The van der Waals surface area contributed by atoms with Crippen LogP contribution in [0.5, 0.6) is 5.75 Å². The zero-order chi connectivity index (χ0) is 15.0. The second-order valence-electron chi connectivity index (χ2n) is 5.49. The van der Waals surface area contributed by atoms with E-state index in [1.807, 2.05) is 0 Å². The van der Waals surface area contributed by atoms with Gasteiger partial charge in [0.1, 0.15) is 17.1 Å². The van der Waals surface area contributed by atoms with Gasteiger partial charge in [-0.15, -0.1) is 0 Å². The van der Waals surface area contributed by atoms with E-state index in [0.717, 1.165) is 25.2 Å². The SMILES string of the molecule is CC(C)CCCCCCNC(=O)c1c(O)cccc1F. The minimum Gasteiger partial charge on any atom is -0.507 e. The van der Waals surface area contributed by atoms with Crippen molar-refractivity contribution in [1.82, 2.24) is 5.32 Å². The number of benzene rings is 1. The predicted molar refractivity (Wildman–Crippen MR) is 78.3 cm³/mol. The van der Waals surface area contributed by atoms with Gasteiger partial charge in [0, 0.05) is 6.54 Å². The highest BCUT2D eigenvalue weighted by Crippen LogP contribution is 2.19. The average Bonchev–Trinajstić information content (AvgIpc) is 2.37. The highest BCUT2D eigenvalue weighted by Gasteiger charge is 2.15. The first kappa shape index (κ1) is 16.5. The smallest absolute Gasteiger partial charge is 0.258 e. The van der Waals surface area contributed by atoms with E-state index in [1.165, 1.54) is 31.0 Å². The molecule has 1 aromatic rings. The first-order valence-corrected chi connectivity index (χ1v) is 7.28. The van der Waals surface area contributed by atoms with E-state index in [2.05, 4.69) is 19.2 Å². The molecule has 3 nitrogen and oxygen atoms in total. The van der Waals surface area contributed by atoms with Crippen molar-refractivity contribution in [3.63, 3.8) is 0 Å². The van der Waals surface area contributed by atoms with Gasteiger partial charge in [0.15, 0.2) is 0 Å². The fourth-order valence-electron chi connectivity index (χ4n) is 2.06. The lowest BCUT2D eigenvalue weighted by atomic mass is 10.0. The third-order valence-corrected chi connectivity index (χ3v) is 3.21. The Morgan fingerprint density at radius 3 is 2.60 bits per heavy atom. The summed E-state index contributed by atoms with van der Waals surface area (Å²) >= 11 is 0. The van der Waals surface area contributed by atoms with Crippen LogP contribution < -0.4 is 5.32 Å². The van der Waals surface area contributed by atoms with E-state index in [4.69, 9.17) is 0 Å². The lowest BCUT2D eigenvalue weighted by Crippen LogP contribution is -2.25. The summed E-state index contributed by atoms with van der Waals surface area (Å²) in [7, 11) is 0. The number of phenolic OH excluding ortho intramolecular Hbond substituents is 1. The summed E-state index contributed by atoms with van der Waals surface area (Å²) in [5.41, 5.74) is -0.271. The van der Waals surface area contributed by atoms with Crippen LogP contribution in [0.4, 0.5) is 4.39 Å². The summed E-state index contributed by atoms with van der Waals surface area (Å²) in [6.45, 7) is 4.93. The van der Waals surface area contributed by atoms with Gasteiger partial charge < -0.3 is 10.4 Å². The topological polar surface area (TPSA) is 49.3 Å². The van der Waals surface area contributed by atoms with E-state index in [0.29, 0.717) is 6.54 Å². The monoisotopic (exact) mass is 281 g/mol. The number of amides is 1. The molecule has 112 valence electrons. The van der Waals surface area contributed by atoms with Crippen molar-refractivity contribution in [2.24, 2.45) is 5.92 Å². The summed E-state index contributed by atoms with van der Waals surface area (Å²) in [5.74, 6) is -0.833. The second kappa shape index (κ2) is 8.56. The normalized spacial score (nSPS) is 10.8. The standard InChI is InChI=1S/C16H24FNO2/c1-12(2)8-5-3-4-6-11-18-16(20)15-13(17)9-7-10-14(15)19/h7,9-10,12,19H,3-6,8,11H2,1-2H3,(H,18,20). The van der Waals surface area contributed by atoms with Gasteiger partial charge in [-0.05, 0) is 24.5 Å². The number of unbranched alkanes of at least 4 members (excludes halogenated alkanes) is 3. The lowest BCUT2D eigenvalue weighted by molar-refractivity contribution is 0.0946. The number of hydrogen-bond donors (Lipinski definition) is 2. The maximum Gasteiger partial charge on any atom is 0.258 e. The third kappa shape index (κ3) is 5.59. The molecule has 0 unspecified atom stereocenters. The minimum atomic E-state index is -0.695.